The summed E-state index contributed by atoms with van der Waals surface area (Å²) in [6.45, 7) is 1.11. The van der Waals surface area contributed by atoms with E-state index in [-0.39, 0.29) is 5.69 Å². The van der Waals surface area contributed by atoms with Crippen LogP contribution >= 0.6 is 0 Å². The van der Waals surface area contributed by atoms with Gasteiger partial charge >= 0.3 is 0 Å². The van der Waals surface area contributed by atoms with Gasteiger partial charge in [0.25, 0.3) is 5.69 Å². The van der Waals surface area contributed by atoms with E-state index in [9.17, 15) is 14.5 Å². The third-order valence-electron chi connectivity index (χ3n) is 2.54. The molecule has 0 amide bonds. The highest BCUT2D eigenvalue weighted by Gasteiger charge is 2.10. The molecule has 0 saturated carbocycles. The van der Waals surface area contributed by atoms with E-state index in [2.05, 4.69) is 10.4 Å². The molecule has 0 fully saturated rings. The number of nitro groups is 1. The molecule has 0 aliphatic rings. The Morgan fingerprint density at radius 1 is 1.45 bits per heavy atom. The number of nitrogens with one attached hydrogen (secondary N) is 1. The van der Waals surface area contributed by atoms with E-state index < -0.39 is 10.7 Å². The number of benzene rings is 1. The second-order valence-electron chi connectivity index (χ2n) is 4.07. The summed E-state index contributed by atoms with van der Waals surface area (Å²) in [5.74, 6) is -0.673. The number of rotatable bonds is 6. The van der Waals surface area contributed by atoms with Crippen LogP contribution in [0, 0.1) is 15.9 Å². The molecule has 1 heterocycles. The molecule has 0 saturated heterocycles. The summed E-state index contributed by atoms with van der Waals surface area (Å²) in [7, 11) is 1.59. The minimum Gasteiger partial charge on any atom is -0.383 e. The maximum absolute atomic E-state index is 13.3. The minimum absolute atomic E-state index is 0.294. The Kier molecular flexibility index (Phi) is 4.26. The van der Waals surface area contributed by atoms with Gasteiger partial charge in [0.2, 0.25) is 0 Å². The molecule has 0 radical (unpaired) electrons. The Labute approximate surface area is 114 Å². The number of anilines is 2. The quantitative estimate of drug-likeness (QED) is 0.648. The number of hydrogen-bond donors (Lipinski definition) is 1. The number of methoxy groups -OCH3 is 1. The van der Waals surface area contributed by atoms with E-state index in [0.717, 1.165) is 6.07 Å². The Morgan fingerprint density at radius 3 is 2.95 bits per heavy atom. The summed E-state index contributed by atoms with van der Waals surface area (Å²) in [5.41, 5.74) is 0.600. The van der Waals surface area contributed by atoms with Crippen LogP contribution in [0.5, 0.6) is 0 Å². The Balaban J connectivity index is 2.13. The summed E-state index contributed by atoms with van der Waals surface area (Å²) >= 11 is 0. The van der Waals surface area contributed by atoms with E-state index >= 15 is 0 Å². The molecule has 0 aliphatic heterocycles. The van der Waals surface area contributed by atoms with Gasteiger partial charge in [0, 0.05) is 25.1 Å². The lowest BCUT2D eigenvalue weighted by molar-refractivity contribution is -0.385. The van der Waals surface area contributed by atoms with Crippen LogP contribution in [0.3, 0.4) is 0 Å². The zero-order valence-electron chi connectivity index (χ0n) is 10.7. The van der Waals surface area contributed by atoms with Crippen molar-refractivity contribution in [1.29, 1.82) is 0 Å². The number of nitro benzene ring substituents is 1. The van der Waals surface area contributed by atoms with Gasteiger partial charge in [0.05, 0.1) is 36.0 Å². The first-order valence-electron chi connectivity index (χ1n) is 5.82. The zero-order chi connectivity index (χ0) is 14.5. The zero-order valence-corrected chi connectivity index (χ0v) is 10.7. The van der Waals surface area contributed by atoms with Crippen LogP contribution in [-0.4, -0.2) is 28.4 Å². The monoisotopic (exact) mass is 280 g/mol. The van der Waals surface area contributed by atoms with Crippen molar-refractivity contribution < 1.29 is 14.1 Å². The SMILES string of the molecule is COCCn1cc(Nc2cc(F)cc([N+](=O)[O-])c2)cn1. The molecule has 8 heteroatoms. The van der Waals surface area contributed by atoms with Crippen molar-refractivity contribution in [2.75, 3.05) is 19.0 Å². The molecule has 1 aromatic carbocycles. The normalized spacial score (nSPS) is 10.5. The molecule has 7 nitrogen and oxygen atoms in total. The Morgan fingerprint density at radius 2 is 2.25 bits per heavy atom. The number of nitrogens with zero attached hydrogens (tertiary/aromatic N) is 3. The Hall–Kier alpha value is -2.48. The Bertz CT molecular complexity index is 614. The van der Waals surface area contributed by atoms with Crippen LogP contribution in [0.2, 0.25) is 0 Å². The molecule has 2 rings (SSSR count). The summed E-state index contributed by atoms with van der Waals surface area (Å²) in [6.07, 6.45) is 3.25. The van der Waals surface area contributed by atoms with Crippen LogP contribution in [-0.2, 0) is 11.3 Å². The summed E-state index contributed by atoms with van der Waals surface area (Å²) < 4.78 is 19.9. The first-order chi connectivity index (χ1) is 9.58. The fourth-order valence-electron chi connectivity index (χ4n) is 1.65. The molecular weight excluding hydrogens is 267 g/mol. The predicted molar refractivity (Wildman–Crippen MR) is 70.4 cm³/mol. The molecular formula is C12H13FN4O3. The van der Waals surface area contributed by atoms with E-state index in [4.69, 9.17) is 4.74 Å². The van der Waals surface area contributed by atoms with Crippen molar-refractivity contribution in [3.63, 3.8) is 0 Å². The molecule has 0 unspecified atom stereocenters. The third-order valence-corrected chi connectivity index (χ3v) is 2.54. The predicted octanol–water partition coefficient (Wildman–Crippen LogP) is 2.32. The van der Waals surface area contributed by atoms with Gasteiger partial charge in [-0.25, -0.2) is 4.39 Å². The van der Waals surface area contributed by atoms with Crippen molar-refractivity contribution in [3.05, 3.63) is 46.5 Å². The third kappa shape index (κ3) is 3.51. The molecule has 0 spiro atoms. The van der Waals surface area contributed by atoms with E-state index in [1.807, 2.05) is 0 Å². The van der Waals surface area contributed by atoms with Crippen LogP contribution in [0.1, 0.15) is 0 Å². The van der Waals surface area contributed by atoms with Crippen LogP contribution in [0.15, 0.2) is 30.6 Å². The summed E-state index contributed by atoms with van der Waals surface area (Å²) in [6, 6.07) is 3.31. The fraction of sp³-hybridized carbons (Fsp3) is 0.250. The molecule has 20 heavy (non-hydrogen) atoms. The van der Waals surface area contributed by atoms with Gasteiger partial charge in [0.15, 0.2) is 0 Å². The first-order valence-corrected chi connectivity index (χ1v) is 5.82. The molecule has 2 aromatic rings. The van der Waals surface area contributed by atoms with E-state index in [1.165, 1.54) is 12.1 Å². The molecule has 0 bridgehead atoms. The number of non-ortho nitro benzene ring substituents is 1. The average Bonchev–Trinajstić information content (AvgIpc) is 2.83. The lowest BCUT2D eigenvalue weighted by atomic mass is 10.2. The maximum atomic E-state index is 13.3. The topological polar surface area (TPSA) is 82.2 Å². The average molecular weight is 280 g/mol. The van der Waals surface area contributed by atoms with Crippen LogP contribution in [0.25, 0.3) is 0 Å². The second-order valence-corrected chi connectivity index (χ2v) is 4.07. The fourth-order valence-corrected chi connectivity index (χ4v) is 1.65. The maximum Gasteiger partial charge on any atom is 0.274 e. The second kappa shape index (κ2) is 6.11. The highest BCUT2D eigenvalue weighted by Crippen LogP contribution is 2.23. The molecule has 106 valence electrons. The van der Waals surface area contributed by atoms with Gasteiger partial charge in [-0.2, -0.15) is 5.10 Å². The van der Waals surface area contributed by atoms with Gasteiger partial charge in [0.1, 0.15) is 5.82 Å². The smallest absolute Gasteiger partial charge is 0.274 e. The first kappa shape index (κ1) is 13.9. The largest absolute Gasteiger partial charge is 0.383 e. The van der Waals surface area contributed by atoms with Crippen molar-refractivity contribution >= 4 is 17.1 Å². The van der Waals surface area contributed by atoms with E-state index in [1.54, 1.807) is 24.2 Å². The molecule has 0 atom stereocenters. The number of hydrogen-bond acceptors (Lipinski definition) is 5. The van der Waals surface area contributed by atoms with Gasteiger partial charge in [-0.05, 0) is 6.07 Å². The molecule has 0 aliphatic carbocycles. The lowest BCUT2D eigenvalue weighted by Gasteiger charge is -2.03. The highest BCUT2D eigenvalue weighted by molar-refractivity contribution is 5.61. The molecule has 1 aromatic heterocycles. The van der Waals surface area contributed by atoms with Crippen LogP contribution < -0.4 is 5.32 Å². The molecule has 1 N–H and O–H groups in total. The van der Waals surface area contributed by atoms with Crippen molar-refractivity contribution in [2.24, 2.45) is 0 Å². The lowest BCUT2D eigenvalue weighted by Crippen LogP contribution is -2.03. The summed E-state index contributed by atoms with van der Waals surface area (Å²) in [5, 5.41) is 17.6. The van der Waals surface area contributed by atoms with Gasteiger partial charge < -0.3 is 10.1 Å². The van der Waals surface area contributed by atoms with Gasteiger partial charge in [-0.1, -0.05) is 0 Å². The standard InChI is InChI=1S/C12H13FN4O3/c1-20-3-2-16-8-11(7-14-16)15-10-4-9(13)5-12(6-10)17(18)19/h4-8,15H,2-3H2,1H3. The van der Waals surface area contributed by atoms with Crippen molar-refractivity contribution in [1.82, 2.24) is 9.78 Å². The van der Waals surface area contributed by atoms with Gasteiger partial charge in [-0.15, -0.1) is 0 Å². The number of halogens is 1. The van der Waals surface area contributed by atoms with Gasteiger partial charge in [-0.3, -0.25) is 14.8 Å². The van der Waals surface area contributed by atoms with Crippen molar-refractivity contribution in [3.8, 4) is 0 Å². The van der Waals surface area contributed by atoms with Crippen molar-refractivity contribution in [2.45, 2.75) is 6.54 Å². The minimum atomic E-state index is -0.673. The van der Waals surface area contributed by atoms with Crippen LogP contribution in [0.4, 0.5) is 21.5 Å². The highest BCUT2D eigenvalue weighted by atomic mass is 19.1. The number of ether oxygens (including phenoxy) is 1. The summed E-state index contributed by atoms with van der Waals surface area (Å²) in [4.78, 5) is 10.0. The van der Waals surface area contributed by atoms with E-state index in [0.29, 0.717) is 24.5 Å². The number of aromatic nitrogens is 2.